The zero-order valence-electron chi connectivity index (χ0n) is 12.5. The van der Waals surface area contributed by atoms with Crippen LogP contribution in [0.15, 0.2) is 53.6 Å². The van der Waals surface area contributed by atoms with E-state index in [0.29, 0.717) is 11.5 Å². The number of nitrogens with one attached hydrogen (secondary N) is 1. The van der Waals surface area contributed by atoms with E-state index in [1.54, 1.807) is 13.3 Å². The Bertz CT molecular complexity index is 595. The van der Waals surface area contributed by atoms with Crippen LogP contribution in [0.2, 0.25) is 0 Å². The zero-order valence-corrected chi connectivity index (χ0v) is 12.5. The molecule has 0 aliphatic rings. The molecule has 0 amide bonds. The number of anilines is 1. The molecule has 21 heavy (non-hydrogen) atoms. The van der Waals surface area contributed by atoms with E-state index in [2.05, 4.69) is 10.5 Å². The van der Waals surface area contributed by atoms with Gasteiger partial charge in [0.1, 0.15) is 0 Å². The monoisotopic (exact) mass is 284 g/mol. The van der Waals surface area contributed by atoms with Crippen molar-refractivity contribution in [3.8, 4) is 11.5 Å². The van der Waals surface area contributed by atoms with E-state index in [1.165, 1.54) is 0 Å². The van der Waals surface area contributed by atoms with Crippen LogP contribution in [-0.2, 0) is 0 Å². The van der Waals surface area contributed by atoms with Crippen LogP contribution in [0.4, 0.5) is 5.69 Å². The second-order valence-corrected chi connectivity index (χ2v) is 4.78. The third-order valence-corrected chi connectivity index (χ3v) is 2.75. The lowest BCUT2D eigenvalue weighted by atomic mass is 10.2. The van der Waals surface area contributed by atoms with Gasteiger partial charge in [0.2, 0.25) is 0 Å². The Morgan fingerprint density at radius 2 is 1.81 bits per heavy atom. The number of hydrogen-bond donors (Lipinski definition) is 1. The van der Waals surface area contributed by atoms with Crippen LogP contribution in [-0.4, -0.2) is 19.4 Å². The van der Waals surface area contributed by atoms with Gasteiger partial charge in [0, 0.05) is 5.56 Å². The Morgan fingerprint density at radius 3 is 2.48 bits per heavy atom. The van der Waals surface area contributed by atoms with Crippen molar-refractivity contribution in [3.63, 3.8) is 0 Å². The summed E-state index contributed by atoms with van der Waals surface area (Å²) in [6.07, 6.45) is 1.79. The van der Waals surface area contributed by atoms with Crippen LogP contribution < -0.4 is 14.9 Å². The van der Waals surface area contributed by atoms with Crippen molar-refractivity contribution in [1.29, 1.82) is 0 Å². The molecule has 4 heteroatoms. The molecule has 0 heterocycles. The van der Waals surface area contributed by atoms with Crippen molar-refractivity contribution in [3.05, 3.63) is 54.1 Å². The average molecular weight is 284 g/mol. The van der Waals surface area contributed by atoms with Crippen molar-refractivity contribution in [2.45, 2.75) is 20.0 Å². The summed E-state index contributed by atoms with van der Waals surface area (Å²) >= 11 is 0. The Morgan fingerprint density at radius 1 is 1.05 bits per heavy atom. The van der Waals surface area contributed by atoms with E-state index in [9.17, 15) is 0 Å². The first-order valence-corrected chi connectivity index (χ1v) is 6.88. The molecule has 0 aromatic heterocycles. The maximum absolute atomic E-state index is 5.83. The van der Waals surface area contributed by atoms with Gasteiger partial charge < -0.3 is 9.47 Å². The van der Waals surface area contributed by atoms with Crippen molar-refractivity contribution in [1.82, 2.24) is 0 Å². The van der Waals surface area contributed by atoms with E-state index in [0.717, 1.165) is 11.3 Å². The molecule has 4 nitrogen and oxygen atoms in total. The molecule has 2 aromatic carbocycles. The van der Waals surface area contributed by atoms with Crippen molar-refractivity contribution in [2.75, 3.05) is 12.5 Å². The molecule has 0 unspecified atom stereocenters. The molecule has 0 aliphatic carbocycles. The van der Waals surface area contributed by atoms with Crippen LogP contribution in [0.3, 0.4) is 0 Å². The fraction of sp³-hybridized carbons (Fsp3) is 0.235. The number of methoxy groups -OCH3 is 1. The maximum Gasteiger partial charge on any atom is 0.170 e. The molecule has 0 fully saturated rings. The number of nitrogens with zero attached hydrogens (tertiary/aromatic N) is 1. The van der Waals surface area contributed by atoms with Crippen molar-refractivity contribution < 1.29 is 9.47 Å². The third-order valence-electron chi connectivity index (χ3n) is 2.75. The number of hydrogen-bond acceptors (Lipinski definition) is 4. The number of ether oxygens (including phenoxy) is 2. The summed E-state index contributed by atoms with van der Waals surface area (Å²) in [5.41, 5.74) is 4.78. The highest BCUT2D eigenvalue weighted by Crippen LogP contribution is 2.30. The standard InChI is InChI=1S/C17H20N2O2/c1-13(2)21-17-14(8-7-11-16(17)20-3)12-18-19-15-9-5-4-6-10-15/h4-13,19H,1-3H3/b18-12-. The molecule has 0 bridgehead atoms. The molecule has 0 spiro atoms. The van der Waals surface area contributed by atoms with Crippen molar-refractivity contribution >= 4 is 11.9 Å². The van der Waals surface area contributed by atoms with Crippen LogP contribution in [0.1, 0.15) is 19.4 Å². The fourth-order valence-corrected chi connectivity index (χ4v) is 1.85. The topological polar surface area (TPSA) is 42.8 Å². The van der Waals surface area contributed by atoms with Gasteiger partial charge in [0.15, 0.2) is 11.5 Å². The fourth-order valence-electron chi connectivity index (χ4n) is 1.85. The predicted octanol–water partition coefficient (Wildman–Crippen LogP) is 3.93. The van der Waals surface area contributed by atoms with Gasteiger partial charge in [0.05, 0.1) is 25.1 Å². The van der Waals surface area contributed by atoms with Gasteiger partial charge in [-0.3, -0.25) is 5.43 Å². The molecular weight excluding hydrogens is 264 g/mol. The van der Waals surface area contributed by atoms with E-state index < -0.39 is 0 Å². The normalized spacial score (nSPS) is 10.9. The highest BCUT2D eigenvalue weighted by atomic mass is 16.5. The number of hydrazone groups is 1. The first-order valence-electron chi connectivity index (χ1n) is 6.88. The van der Waals surface area contributed by atoms with Gasteiger partial charge in [-0.2, -0.15) is 5.10 Å². The molecule has 0 atom stereocenters. The summed E-state index contributed by atoms with van der Waals surface area (Å²) in [7, 11) is 1.63. The maximum atomic E-state index is 5.83. The molecule has 0 aliphatic heterocycles. The SMILES string of the molecule is COc1cccc(/C=N\Nc2ccccc2)c1OC(C)C. The first-order chi connectivity index (χ1) is 10.2. The molecular formula is C17H20N2O2. The van der Waals surface area contributed by atoms with Gasteiger partial charge in [-0.1, -0.05) is 24.3 Å². The van der Waals surface area contributed by atoms with Gasteiger partial charge >= 0.3 is 0 Å². The minimum atomic E-state index is 0.0653. The molecule has 2 aromatic rings. The average Bonchev–Trinajstić information content (AvgIpc) is 2.49. The summed E-state index contributed by atoms with van der Waals surface area (Å²) in [5.74, 6) is 1.40. The highest BCUT2D eigenvalue weighted by Gasteiger charge is 2.10. The minimum Gasteiger partial charge on any atom is -0.493 e. The Kier molecular flexibility index (Phi) is 5.21. The molecule has 2 rings (SSSR count). The molecule has 1 N–H and O–H groups in total. The van der Waals surface area contributed by atoms with E-state index in [4.69, 9.17) is 9.47 Å². The summed E-state index contributed by atoms with van der Waals surface area (Å²) in [6, 6.07) is 15.5. The third kappa shape index (κ3) is 4.24. The second-order valence-electron chi connectivity index (χ2n) is 4.78. The van der Waals surface area contributed by atoms with Crippen LogP contribution in [0.5, 0.6) is 11.5 Å². The number of rotatable bonds is 6. The van der Waals surface area contributed by atoms with Crippen molar-refractivity contribution in [2.24, 2.45) is 5.10 Å². The van der Waals surface area contributed by atoms with Crippen LogP contribution in [0.25, 0.3) is 0 Å². The molecule has 0 radical (unpaired) electrons. The van der Waals surface area contributed by atoms with Crippen LogP contribution in [0, 0.1) is 0 Å². The lowest BCUT2D eigenvalue weighted by Crippen LogP contribution is -2.09. The molecule has 0 saturated heterocycles. The smallest absolute Gasteiger partial charge is 0.170 e. The Hall–Kier alpha value is -2.49. The van der Waals surface area contributed by atoms with Gasteiger partial charge in [-0.15, -0.1) is 0 Å². The lowest BCUT2D eigenvalue weighted by Gasteiger charge is -2.15. The first kappa shape index (κ1) is 14.9. The molecule has 0 saturated carbocycles. The Labute approximate surface area is 125 Å². The van der Waals surface area contributed by atoms with Gasteiger partial charge in [-0.05, 0) is 38.1 Å². The molecule has 110 valence electrons. The zero-order chi connectivity index (χ0) is 15.1. The summed E-state index contributed by atoms with van der Waals surface area (Å²) in [4.78, 5) is 0. The lowest BCUT2D eigenvalue weighted by molar-refractivity contribution is 0.230. The predicted molar refractivity (Wildman–Crippen MR) is 86.4 cm³/mol. The van der Waals surface area contributed by atoms with Gasteiger partial charge in [0.25, 0.3) is 0 Å². The van der Waals surface area contributed by atoms with E-state index >= 15 is 0 Å². The van der Waals surface area contributed by atoms with Gasteiger partial charge in [-0.25, -0.2) is 0 Å². The second kappa shape index (κ2) is 7.33. The Balaban J connectivity index is 2.18. The van der Waals surface area contributed by atoms with E-state index in [1.807, 2.05) is 62.4 Å². The minimum absolute atomic E-state index is 0.0653. The summed E-state index contributed by atoms with van der Waals surface area (Å²) in [5, 5.41) is 4.24. The quantitative estimate of drug-likeness (QED) is 0.645. The summed E-state index contributed by atoms with van der Waals surface area (Å²) < 4.78 is 11.2. The number of para-hydroxylation sites is 2. The number of benzene rings is 2. The van der Waals surface area contributed by atoms with Crippen LogP contribution >= 0.6 is 0 Å². The largest absolute Gasteiger partial charge is 0.493 e. The summed E-state index contributed by atoms with van der Waals surface area (Å²) in [6.45, 7) is 3.96. The van der Waals surface area contributed by atoms with E-state index in [-0.39, 0.29) is 6.10 Å². The highest BCUT2D eigenvalue weighted by molar-refractivity contribution is 5.85.